The van der Waals surface area contributed by atoms with Gasteiger partial charge >= 0.3 is 20.1 Å². The number of hydrogen-bond donors (Lipinski definition) is 0. The summed E-state index contributed by atoms with van der Waals surface area (Å²) in [4.78, 5) is 4.35. The maximum Gasteiger partial charge on any atom is 3.00 e. The molecule has 0 aliphatic rings. The van der Waals surface area contributed by atoms with E-state index in [2.05, 4.69) is 35.4 Å². The van der Waals surface area contributed by atoms with Crippen LogP contribution in [0, 0.1) is 6.20 Å². The fraction of sp³-hybridized carbons (Fsp3) is 0. The zero-order valence-corrected chi connectivity index (χ0v) is 11.4. The molecule has 2 aromatic carbocycles. The minimum atomic E-state index is 0. The molecule has 0 fully saturated rings. The molecule has 17 heavy (non-hydrogen) atoms. The molecule has 0 amide bonds. The number of aromatic nitrogens is 1. The topological polar surface area (TPSA) is 12.9 Å². The molecule has 1 aromatic heterocycles. The predicted octanol–water partition coefficient (Wildman–Crippen LogP) is 3.70. The molecule has 0 unspecified atom stereocenters. The summed E-state index contributed by atoms with van der Waals surface area (Å²) < 4.78 is 0. The first-order chi connectivity index (χ1) is 7.95. The third-order valence-electron chi connectivity index (χ3n) is 2.66. The third-order valence-corrected chi connectivity index (χ3v) is 2.66. The zero-order valence-electron chi connectivity index (χ0n) is 9.05. The van der Waals surface area contributed by atoms with E-state index in [1.165, 1.54) is 10.8 Å². The molecule has 3 rings (SSSR count). The summed E-state index contributed by atoms with van der Waals surface area (Å²) in [5, 5.41) is 2.35. The molecule has 0 bridgehead atoms. The summed E-state index contributed by atoms with van der Waals surface area (Å²) in [6.45, 7) is 0. The molecule has 82 valence electrons. The summed E-state index contributed by atoms with van der Waals surface area (Å²) >= 11 is 0. The summed E-state index contributed by atoms with van der Waals surface area (Å²) in [5.74, 6) is 0. The minimum absolute atomic E-state index is 0. The van der Waals surface area contributed by atoms with Gasteiger partial charge in [0.2, 0.25) is 0 Å². The van der Waals surface area contributed by atoms with E-state index in [1.807, 2.05) is 36.4 Å². The molecular weight excluding hydrogens is 386 g/mol. The van der Waals surface area contributed by atoms with E-state index >= 15 is 0 Å². The van der Waals surface area contributed by atoms with Gasteiger partial charge in [-0.1, -0.05) is 60.3 Å². The normalized spacial score (nSPS) is 9.88. The van der Waals surface area contributed by atoms with Crippen LogP contribution < -0.4 is 0 Å². The first-order valence-electron chi connectivity index (χ1n) is 5.26. The van der Waals surface area contributed by atoms with Crippen LogP contribution in [0.3, 0.4) is 0 Å². The largest absolute Gasteiger partial charge is 3.00 e. The standard InChI is InChI=1S/C15H10N.Ir/c1-2-7-13(8-3-1)15-14-9-5-4-6-12(14)10-11-16-15;/h1-10H;/q-1;+3. The molecular formula is C15H10IrN+2. The van der Waals surface area contributed by atoms with Gasteiger partial charge in [-0.3, -0.25) is 0 Å². The smallest absolute Gasteiger partial charge is 0.386 e. The number of nitrogens with zero attached hydrogens (tertiary/aromatic N) is 1. The Morgan fingerprint density at radius 1 is 0.824 bits per heavy atom. The van der Waals surface area contributed by atoms with E-state index < -0.39 is 0 Å². The molecule has 0 aliphatic heterocycles. The number of pyridine rings is 1. The SMILES string of the molecule is [Ir+3].[c-]1cc2ccccc2c(-c2ccccc2)n1. The Kier molecular flexibility index (Phi) is 3.68. The molecule has 0 spiro atoms. The van der Waals surface area contributed by atoms with Crippen LogP contribution in [0.1, 0.15) is 0 Å². The van der Waals surface area contributed by atoms with Gasteiger partial charge in [-0.25, -0.2) is 0 Å². The van der Waals surface area contributed by atoms with Gasteiger partial charge in [0, 0.05) is 0 Å². The molecule has 1 nitrogen and oxygen atoms in total. The van der Waals surface area contributed by atoms with Crippen LogP contribution in [-0.4, -0.2) is 4.98 Å². The van der Waals surface area contributed by atoms with E-state index in [-0.39, 0.29) is 20.1 Å². The van der Waals surface area contributed by atoms with E-state index in [4.69, 9.17) is 0 Å². The van der Waals surface area contributed by atoms with Crippen LogP contribution in [0.5, 0.6) is 0 Å². The Hall–Kier alpha value is -1.50. The van der Waals surface area contributed by atoms with Crippen LogP contribution in [0.25, 0.3) is 22.0 Å². The monoisotopic (exact) mass is 397 g/mol. The molecule has 2 heteroatoms. The number of fused-ring (bicyclic) bond motifs is 1. The maximum absolute atomic E-state index is 4.35. The molecule has 3 aromatic rings. The number of hydrogen-bond acceptors (Lipinski definition) is 1. The number of benzene rings is 2. The van der Waals surface area contributed by atoms with E-state index in [1.54, 1.807) is 0 Å². The summed E-state index contributed by atoms with van der Waals surface area (Å²) in [7, 11) is 0. The predicted molar refractivity (Wildman–Crippen MR) is 66.0 cm³/mol. The van der Waals surface area contributed by atoms with Crippen molar-refractivity contribution in [3.63, 3.8) is 0 Å². The summed E-state index contributed by atoms with van der Waals surface area (Å²) in [6, 6.07) is 20.4. The van der Waals surface area contributed by atoms with Crippen LogP contribution in [0.4, 0.5) is 0 Å². The van der Waals surface area contributed by atoms with Gasteiger partial charge in [-0.15, -0.1) is 16.8 Å². The van der Waals surface area contributed by atoms with Gasteiger partial charge in [0.05, 0.1) is 0 Å². The molecule has 0 saturated carbocycles. The second kappa shape index (κ2) is 5.22. The van der Waals surface area contributed by atoms with Gasteiger partial charge in [0.15, 0.2) is 0 Å². The fourth-order valence-electron chi connectivity index (χ4n) is 1.88. The zero-order chi connectivity index (χ0) is 10.8. The summed E-state index contributed by atoms with van der Waals surface area (Å²) in [5.41, 5.74) is 2.13. The van der Waals surface area contributed by atoms with Crippen molar-refractivity contribution < 1.29 is 20.1 Å². The fourth-order valence-corrected chi connectivity index (χ4v) is 1.88. The van der Waals surface area contributed by atoms with E-state index in [0.717, 1.165) is 11.3 Å². The first-order valence-corrected chi connectivity index (χ1v) is 5.26. The molecule has 0 atom stereocenters. The molecule has 0 saturated heterocycles. The Labute approximate surface area is 114 Å². The van der Waals surface area contributed by atoms with Crippen LogP contribution in [0.2, 0.25) is 0 Å². The average molecular weight is 396 g/mol. The van der Waals surface area contributed by atoms with Crippen molar-refractivity contribution in [1.29, 1.82) is 0 Å². The molecule has 0 radical (unpaired) electrons. The van der Waals surface area contributed by atoms with Crippen molar-refractivity contribution in [2.75, 3.05) is 0 Å². The Bertz CT molecular complexity index is 615. The first kappa shape index (κ1) is 12.0. The van der Waals surface area contributed by atoms with Gasteiger partial charge in [-0.2, -0.15) is 6.07 Å². The van der Waals surface area contributed by atoms with Crippen molar-refractivity contribution in [2.45, 2.75) is 0 Å². The minimum Gasteiger partial charge on any atom is -0.386 e. The quantitative estimate of drug-likeness (QED) is 0.572. The van der Waals surface area contributed by atoms with Crippen molar-refractivity contribution in [3.05, 3.63) is 66.9 Å². The molecule has 0 aliphatic carbocycles. The molecule has 0 N–H and O–H groups in total. The van der Waals surface area contributed by atoms with Gasteiger partial charge in [-0.05, 0) is 5.69 Å². The van der Waals surface area contributed by atoms with Gasteiger partial charge in [0.25, 0.3) is 0 Å². The molecule has 1 heterocycles. The average Bonchev–Trinajstić information content (AvgIpc) is 2.39. The second-order valence-electron chi connectivity index (χ2n) is 3.69. The van der Waals surface area contributed by atoms with Gasteiger partial charge in [0.1, 0.15) is 0 Å². The van der Waals surface area contributed by atoms with E-state index in [9.17, 15) is 0 Å². The van der Waals surface area contributed by atoms with Crippen LogP contribution in [0.15, 0.2) is 60.7 Å². The number of rotatable bonds is 1. The van der Waals surface area contributed by atoms with Crippen molar-refractivity contribution in [1.82, 2.24) is 4.98 Å². The summed E-state index contributed by atoms with van der Waals surface area (Å²) in [6.07, 6.45) is 2.95. The maximum atomic E-state index is 4.35. The second-order valence-corrected chi connectivity index (χ2v) is 3.69. The van der Waals surface area contributed by atoms with Gasteiger partial charge < -0.3 is 4.98 Å². The van der Waals surface area contributed by atoms with Crippen molar-refractivity contribution >= 4 is 10.8 Å². The van der Waals surface area contributed by atoms with E-state index in [0.29, 0.717) is 0 Å². The van der Waals surface area contributed by atoms with Crippen molar-refractivity contribution in [3.8, 4) is 11.3 Å². The van der Waals surface area contributed by atoms with Crippen LogP contribution in [-0.2, 0) is 20.1 Å². The van der Waals surface area contributed by atoms with Crippen molar-refractivity contribution in [2.24, 2.45) is 0 Å². The Morgan fingerprint density at radius 3 is 2.35 bits per heavy atom. The Balaban J connectivity index is 0.00000108. The van der Waals surface area contributed by atoms with Crippen LogP contribution >= 0.6 is 0 Å². The Morgan fingerprint density at radius 2 is 1.53 bits per heavy atom. The third kappa shape index (κ3) is 2.28.